The van der Waals surface area contributed by atoms with Gasteiger partial charge in [0.25, 0.3) is 5.22 Å². The van der Waals surface area contributed by atoms with Crippen LogP contribution in [0.15, 0.2) is 46.0 Å². The second kappa shape index (κ2) is 7.23. The summed E-state index contributed by atoms with van der Waals surface area (Å²) in [5.41, 5.74) is 6.12. The Morgan fingerprint density at radius 1 is 1.08 bits per heavy atom. The molecule has 0 aliphatic rings. The lowest BCUT2D eigenvalue weighted by Gasteiger charge is -2.15. The first-order chi connectivity index (χ1) is 12.0. The van der Waals surface area contributed by atoms with Crippen LogP contribution in [0.1, 0.15) is 39.5 Å². The lowest BCUT2D eigenvalue weighted by atomic mass is 9.92. The van der Waals surface area contributed by atoms with E-state index in [1.807, 2.05) is 44.2 Å². The predicted octanol–water partition coefficient (Wildman–Crippen LogP) is 5.16. The zero-order valence-electron chi connectivity index (χ0n) is 14.8. The van der Waals surface area contributed by atoms with Crippen LogP contribution in [0, 0.1) is 20.8 Å². The summed E-state index contributed by atoms with van der Waals surface area (Å²) in [6.07, 6.45) is 0. The van der Waals surface area contributed by atoms with E-state index in [0.29, 0.717) is 16.9 Å². The second-order valence-corrected chi connectivity index (χ2v) is 7.00. The van der Waals surface area contributed by atoms with Crippen molar-refractivity contribution in [2.45, 2.75) is 38.7 Å². The van der Waals surface area contributed by atoms with E-state index < -0.39 is 0 Å². The maximum absolute atomic E-state index is 11.9. The molecule has 0 radical (unpaired) electrons. The van der Waals surface area contributed by atoms with Crippen molar-refractivity contribution >= 4 is 17.5 Å². The highest BCUT2D eigenvalue weighted by molar-refractivity contribution is 7.98. The quantitative estimate of drug-likeness (QED) is 0.469. The summed E-state index contributed by atoms with van der Waals surface area (Å²) in [4.78, 5) is 11.9. The Morgan fingerprint density at radius 2 is 1.80 bits per heavy atom. The summed E-state index contributed by atoms with van der Waals surface area (Å²) in [5.74, 6) is 1.31. The van der Waals surface area contributed by atoms with Crippen LogP contribution in [-0.2, 0) is 5.75 Å². The molecule has 5 heteroatoms. The number of benzene rings is 2. The molecule has 0 bridgehead atoms. The molecule has 0 fully saturated rings. The molecule has 1 heterocycles. The smallest absolute Gasteiger partial charge is 0.277 e. The van der Waals surface area contributed by atoms with E-state index in [0.717, 1.165) is 27.8 Å². The van der Waals surface area contributed by atoms with Gasteiger partial charge in [0.1, 0.15) is 0 Å². The Bertz CT molecular complexity index is 917. The van der Waals surface area contributed by atoms with Gasteiger partial charge in [0.15, 0.2) is 5.78 Å². The maximum Gasteiger partial charge on any atom is 0.277 e. The monoisotopic (exact) mass is 352 g/mol. The standard InChI is InChI=1S/C20H20N2O2S/c1-12-10-13(2)18(15(4)23)14(3)17(12)11-25-20-22-21-19(24-20)16-8-6-5-7-9-16/h5-10H,11H2,1-4H3. The number of carbonyl (C=O) groups is 1. The Morgan fingerprint density at radius 3 is 2.48 bits per heavy atom. The average Bonchev–Trinajstić information content (AvgIpc) is 3.03. The van der Waals surface area contributed by atoms with Gasteiger partial charge in [0, 0.05) is 16.9 Å². The second-order valence-electron chi connectivity index (χ2n) is 6.07. The van der Waals surface area contributed by atoms with Crippen LogP contribution < -0.4 is 0 Å². The zero-order chi connectivity index (χ0) is 18.0. The molecule has 3 rings (SSSR count). The molecule has 0 saturated carbocycles. The van der Waals surface area contributed by atoms with Crippen molar-refractivity contribution in [3.63, 3.8) is 0 Å². The lowest BCUT2D eigenvalue weighted by molar-refractivity contribution is 0.101. The van der Waals surface area contributed by atoms with Crippen LogP contribution in [0.25, 0.3) is 11.5 Å². The van der Waals surface area contributed by atoms with Crippen molar-refractivity contribution in [3.8, 4) is 11.5 Å². The first-order valence-electron chi connectivity index (χ1n) is 8.09. The fourth-order valence-electron chi connectivity index (χ4n) is 3.09. The molecule has 0 N–H and O–H groups in total. The van der Waals surface area contributed by atoms with Gasteiger partial charge < -0.3 is 4.42 Å². The molecule has 0 atom stereocenters. The first kappa shape index (κ1) is 17.4. The number of ketones is 1. The van der Waals surface area contributed by atoms with Crippen molar-refractivity contribution in [3.05, 3.63) is 64.2 Å². The molecule has 0 amide bonds. The van der Waals surface area contributed by atoms with Crippen LogP contribution in [0.2, 0.25) is 0 Å². The Labute approximate surface area is 151 Å². The minimum absolute atomic E-state index is 0.102. The molecule has 3 aromatic rings. The Kier molecular flexibility index (Phi) is 5.04. The summed E-state index contributed by atoms with van der Waals surface area (Å²) >= 11 is 1.49. The molecular weight excluding hydrogens is 332 g/mol. The van der Waals surface area contributed by atoms with Crippen LogP contribution in [0.4, 0.5) is 0 Å². The van der Waals surface area contributed by atoms with Gasteiger partial charge in [0.2, 0.25) is 5.89 Å². The third kappa shape index (κ3) is 3.66. The van der Waals surface area contributed by atoms with Gasteiger partial charge in [-0.25, -0.2) is 0 Å². The summed E-state index contributed by atoms with van der Waals surface area (Å²) in [6.45, 7) is 7.68. The van der Waals surface area contributed by atoms with Gasteiger partial charge in [-0.3, -0.25) is 4.79 Å². The largest absolute Gasteiger partial charge is 0.411 e. The SMILES string of the molecule is CC(=O)c1c(C)cc(C)c(CSc2nnc(-c3ccccc3)o2)c1C. The third-order valence-electron chi connectivity index (χ3n) is 4.25. The molecule has 2 aromatic carbocycles. The van der Waals surface area contributed by atoms with Crippen molar-refractivity contribution in [2.75, 3.05) is 0 Å². The summed E-state index contributed by atoms with van der Waals surface area (Å²) in [7, 11) is 0. The van der Waals surface area contributed by atoms with Crippen molar-refractivity contribution < 1.29 is 9.21 Å². The number of rotatable bonds is 5. The number of hydrogen-bond donors (Lipinski definition) is 0. The molecule has 4 nitrogen and oxygen atoms in total. The summed E-state index contributed by atoms with van der Waals surface area (Å²) in [5, 5.41) is 8.76. The van der Waals surface area contributed by atoms with Gasteiger partial charge in [-0.1, -0.05) is 36.0 Å². The van der Waals surface area contributed by atoms with Crippen LogP contribution in [-0.4, -0.2) is 16.0 Å². The minimum Gasteiger partial charge on any atom is -0.411 e. The van der Waals surface area contributed by atoms with Crippen molar-refractivity contribution in [2.24, 2.45) is 0 Å². The van der Waals surface area contributed by atoms with Crippen LogP contribution in [0.5, 0.6) is 0 Å². The van der Waals surface area contributed by atoms with E-state index in [-0.39, 0.29) is 5.78 Å². The van der Waals surface area contributed by atoms with Crippen LogP contribution >= 0.6 is 11.8 Å². The number of Topliss-reactive ketones (excluding diaryl/α,β-unsaturated/α-hetero) is 1. The van der Waals surface area contributed by atoms with Gasteiger partial charge >= 0.3 is 0 Å². The summed E-state index contributed by atoms with van der Waals surface area (Å²) in [6, 6.07) is 11.8. The van der Waals surface area contributed by atoms with Crippen molar-refractivity contribution in [1.82, 2.24) is 10.2 Å². The van der Waals surface area contributed by atoms with Gasteiger partial charge in [-0.15, -0.1) is 10.2 Å². The van der Waals surface area contributed by atoms with E-state index in [4.69, 9.17) is 4.42 Å². The van der Waals surface area contributed by atoms with Crippen molar-refractivity contribution in [1.29, 1.82) is 0 Å². The molecule has 128 valence electrons. The third-order valence-corrected chi connectivity index (χ3v) is 5.10. The van der Waals surface area contributed by atoms with E-state index >= 15 is 0 Å². The highest BCUT2D eigenvalue weighted by Crippen LogP contribution is 2.30. The number of nitrogens with zero attached hydrogens (tertiary/aromatic N) is 2. The highest BCUT2D eigenvalue weighted by Gasteiger charge is 2.16. The maximum atomic E-state index is 11.9. The topological polar surface area (TPSA) is 56.0 Å². The van der Waals surface area contributed by atoms with Gasteiger partial charge in [-0.05, 0) is 62.1 Å². The summed E-state index contributed by atoms with van der Waals surface area (Å²) < 4.78 is 5.75. The first-order valence-corrected chi connectivity index (χ1v) is 9.08. The molecule has 0 saturated heterocycles. The lowest BCUT2D eigenvalue weighted by Crippen LogP contribution is -2.05. The average molecular weight is 352 g/mol. The fraction of sp³-hybridized carbons (Fsp3) is 0.250. The van der Waals surface area contributed by atoms with E-state index in [9.17, 15) is 4.79 Å². The van der Waals surface area contributed by atoms with E-state index in [2.05, 4.69) is 23.2 Å². The van der Waals surface area contributed by atoms with Gasteiger partial charge in [-0.2, -0.15) is 0 Å². The molecular formula is C20H20N2O2S. The highest BCUT2D eigenvalue weighted by atomic mass is 32.2. The molecule has 25 heavy (non-hydrogen) atoms. The molecule has 0 unspecified atom stereocenters. The normalized spacial score (nSPS) is 10.9. The minimum atomic E-state index is 0.102. The number of carbonyl (C=O) groups excluding carboxylic acids is 1. The molecule has 0 spiro atoms. The fourth-order valence-corrected chi connectivity index (χ4v) is 4.04. The predicted molar refractivity (Wildman–Crippen MR) is 100.0 cm³/mol. The zero-order valence-corrected chi connectivity index (χ0v) is 15.6. The number of aromatic nitrogens is 2. The van der Waals surface area contributed by atoms with Crippen LogP contribution in [0.3, 0.4) is 0 Å². The van der Waals surface area contributed by atoms with E-state index in [1.54, 1.807) is 6.92 Å². The number of aryl methyl sites for hydroxylation is 2. The molecule has 0 aliphatic carbocycles. The van der Waals surface area contributed by atoms with Gasteiger partial charge in [0.05, 0.1) is 0 Å². The molecule has 1 aromatic heterocycles. The Balaban J connectivity index is 1.82. The molecule has 0 aliphatic heterocycles. The number of thioether (sulfide) groups is 1. The van der Waals surface area contributed by atoms with E-state index in [1.165, 1.54) is 17.3 Å². The number of hydrogen-bond acceptors (Lipinski definition) is 5. The Hall–Kier alpha value is -2.40.